The predicted molar refractivity (Wildman–Crippen MR) is 130 cm³/mol. The van der Waals surface area contributed by atoms with E-state index in [9.17, 15) is 9.59 Å². The molecule has 33 heavy (non-hydrogen) atoms. The van der Waals surface area contributed by atoms with Crippen LogP contribution in [0.15, 0.2) is 18.2 Å². The lowest BCUT2D eigenvalue weighted by Crippen LogP contribution is -2.57. The van der Waals surface area contributed by atoms with E-state index in [1.165, 1.54) is 42.4 Å². The van der Waals surface area contributed by atoms with Crippen LogP contribution in [0.5, 0.6) is 0 Å². The zero-order valence-corrected chi connectivity index (χ0v) is 20.9. The molecular weight excluding hydrogens is 410 g/mol. The van der Waals surface area contributed by atoms with Gasteiger partial charge in [0.05, 0.1) is 5.41 Å². The first-order chi connectivity index (χ1) is 15.7. The summed E-state index contributed by atoms with van der Waals surface area (Å²) >= 11 is 0. The van der Waals surface area contributed by atoms with Crippen molar-refractivity contribution in [3.63, 3.8) is 0 Å². The van der Waals surface area contributed by atoms with Crippen LogP contribution in [0, 0.1) is 42.9 Å². The number of carbonyl (C=O) groups is 2. The molecule has 1 amide bonds. The Bertz CT molecular complexity index is 923. The maximum absolute atomic E-state index is 13.5. The molecule has 5 atom stereocenters. The van der Waals surface area contributed by atoms with E-state index in [4.69, 9.17) is 4.74 Å². The van der Waals surface area contributed by atoms with Crippen LogP contribution in [0.3, 0.4) is 0 Å². The molecule has 1 aromatic rings. The van der Waals surface area contributed by atoms with E-state index in [1.54, 1.807) is 0 Å². The van der Waals surface area contributed by atoms with E-state index in [2.05, 4.69) is 51.2 Å². The number of benzene rings is 1. The maximum atomic E-state index is 13.5. The highest BCUT2D eigenvalue weighted by Gasteiger charge is 2.61. The van der Waals surface area contributed by atoms with Gasteiger partial charge in [0.15, 0.2) is 6.61 Å². The highest BCUT2D eigenvalue weighted by Crippen LogP contribution is 2.66. The van der Waals surface area contributed by atoms with Crippen molar-refractivity contribution in [3.8, 4) is 0 Å². The molecule has 5 saturated carbocycles. The summed E-state index contributed by atoms with van der Waals surface area (Å²) in [5.41, 5.74) is 3.76. The second-order valence-electron chi connectivity index (χ2n) is 12.3. The fourth-order valence-electron chi connectivity index (χ4n) is 8.23. The summed E-state index contributed by atoms with van der Waals surface area (Å²) in [7, 11) is 0. The van der Waals surface area contributed by atoms with Crippen molar-refractivity contribution in [1.29, 1.82) is 0 Å². The van der Waals surface area contributed by atoms with Gasteiger partial charge in [0.1, 0.15) is 0 Å². The summed E-state index contributed by atoms with van der Waals surface area (Å²) in [6.07, 6.45) is 9.81. The van der Waals surface area contributed by atoms with Crippen molar-refractivity contribution in [2.24, 2.45) is 29.1 Å². The summed E-state index contributed by atoms with van der Waals surface area (Å²) in [6, 6.07) is 7.11. The Balaban J connectivity index is 1.27. The van der Waals surface area contributed by atoms with Gasteiger partial charge in [0, 0.05) is 6.04 Å². The maximum Gasteiger partial charge on any atom is 0.312 e. The fraction of sp³-hybridized carbons (Fsp3) is 0.724. The van der Waals surface area contributed by atoms with E-state index in [0.717, 1.165) is 32.1 Å². The highest BCUT2D eigenvalue weighted by molar-refractivity contribution is 5.83. The molecule has 0 radical (unpaired) electrons. The number of ether oxygens (including phenoxy) is 1. The minimum Gasteiger partial charge on any atom is -0.455 e. The van der Waals surface area contributed by atoms with Gasteiger partial charge in [0.2, 0.25) is 0 Å². The number of carbonyl (C=O) groups excluding carboxylic acids is 2. The third kappa shape index (κ3) is 4.12. The molecule has 4 bridgehead atoms. The van der Waals surface area contributed by atoms with Crippen LogP contribution < -0.4 is 5.32 Å². The standard InChI is InChI=1S/C29H41NO3/c1-18-8-9-24(10-20(18)3)28-12-22-11-23(13-28)15-29(14-22,17-28)27(32)33-16-26(31)30-25-7-5-6-19(2)21(25)4/h8-10,19,21-23,25H,5-7,11-17H2,1-4H3,(H,30,31)/t19-,21-,22+,23+,25+,28?,29?/m0/s1. The van der Waals surface area contributed by atoms with E-state index >= 15 is 0 Å². The SMILES string of the molecule is Cc1ccc(C23C[C@H]4C[C@@H](CC(C(=O)OCC(=O)N[C@@H]5CCC[C@H](C)[C@@H]5C)(C4)C2)C3)cc1C. The van der Waals surface area contributed by atoms with Gasteiger partial charge < -0.3 is 10.1 Å². The average Bonchev–Trinajstić information content (AvgIpc) is 2.76. The van der Waals surface area contributed by atoms with Crippen LogP contribution in [0.2, 0.25) is 0 Å². The monoisotopic (exact) mass is 451 g/mol. The Labute approximate surface area is 199 Å². The van der Waals surface area contributed by atoms with Crippen molar-refractivity contribution >= 4 is 11.9 Å². The molecule has 1 N–H and O–H groups in total. The second-order valence-corrected chi connectivity index (χ2v) is 12.3. The van der Waals surface area contributed by atoms with Crippen LogP contribution in [-0.4, -0.2) is 24.5 Å². The minimum absolute atomic E-state index is 0.0947. The Kier molecular flexibility index (Phi) is 5.86. The summed E-state index contributed by atoms with van der Waals surface area (Å²) in [5, 5.41) is 3.16. The molecule has 1 aromatic carbocycles. The van der Waals surface area contributed by atoms with Crippen molar-refractivity contribution in [1.82, 2.24) is 5.32 Å². The number of hydrogen-bond acceptors (Lipinski definition) is 3. The molecular formula is C29H41NO3. The van der Waals surface area contributed by atoms with E-state index in [0.29, 0.717) is 23.7 Å². The van der Waals surface area contributed by atoms with Crippen LogP contribution in [0.25, 0.3) is 0 Å². The normalized spacial score (nSPS) is 39.3. The molecule has 5 fully saturated rings. The van der Waals surface area contributed by atoms with Gasteiger partial charge in [-0.3, -0.25) is 9.59 Å². The van der Waals surface area contributed by atoms with E-state index in [-0.39, 0.29) is 29.9 Å². The Morgan fingerprint density at radius 2 is 1.76 bits per heavy atom. The predicted octanol–water partition coefficient (Wildman–Crippen LogP) is 5.63. The van der Waals surface area contributed by atoms with Crippen LogP contribution in [0.1, 0.15) is 88.3 Å². The molecule has 5 aliphatic carbocycles. The largest absolute Gasteiger partial charge is 0.455 e. The molecule has 0 saturated heterocycles. The van der Waals surface area contributed by atoms with Gasteiger partial charge in [0.25, 0.3) is 5.91 Å². The quantitative estimate of drug-likeness (QED) is 0.591. The summed E-state index contributed by atoms with van der Waals surface area (Å²) in [6.45, 7) is 8.71. The number of nitrogens with one attached hydrogen (secondary N) is 1. The molecule has 180 valence electrons. The number of aryl methyl sites for hydroxylation is 2. The van der Waals surface area contributed by atoms with E-state index in [1.807, 2.05) is 0 Å². The van der Waals surface area contributed by atoms with Crippen molar-refractivity contribution < 1.29 is 14.3 Å². The third-order valence-corrected chi connectivity index (χ3v) is 10.0. The first-order valence-corrected chi connectivity index (χ1v) is 13.2. The van der Waals surface area contributed by atoms with Gasteiger partial charge >= 0.3 is 5.97 Å². The van der Waals surface area contributed by atoms with Gasteiger partial charge in [-0.2, -0.15) is 0 Å². The highest BCUT2D eigenvalue weighted by atomic mass is 16.5. The Hall–Kier alpha value is -1.84. The molecule has 4 nitrogen and oxygen atoms in total. The summed E-state index contributed by atoms with van der Waals surface area (Å²) < 4.78 is 5.77. The number of esters is 1. The Morgan fingerprint density at radius 3 is 2.45 bits per heavy atom. The number of rotatable bonds is 5. The molecule has 0 heterocycles. The van der Waals surface area contributed by atoms with E-state index < -0.39 is 5.41 Å². The third-order valence-electron chi connectivity index (χ3n) is 10.0. The molecule has 0 aromatic heterocycles. The van der Waals surface area contributed by atoms with Gasteiger partial charge in [-0.05, 0) is 105 Å². The second kappa shape index (κ2) is 8.43. The molecule has 5 aliphatic rings. The van der Waals surface area contributed by atoms with Crippen molar-refractivity contribution in [2.75, 3.05) is 6.61 Å². The first-order valence-electron chi connectivity index (χ1n) is 13.2. The lowest BCUT2D eigenvalue weighted by molar-refractivity contribution is -0.175. The average molecular weight is 452 g/mol. The molecule has 4 heteroatoms. The van der Waals surface area contributed by atoms with Crippen LogP contribution in [0.4, 0.5) is 0 Å². The van der Waals surface area contributed by atoms with Crippen molar-refractivity contribution in [3.05, 3.63) is 34.9 Å². The molecule has 6 rings (SSSR count). The molecule has 0 unspecified atom stereocenters. The zero-order chi connectivity index (χ0) is 23.4. The first kappa shape index (κ1) is 22.9. The number of hydrogen-bond donors (Lipinski definition) is 1. The van der Waals surface area contributed by atoms with Crippen molar-refractivity contribution in [2.45, 2.75) is 96.9 Å². The molecule has 0 spiro atoms. The summed E-state index contributed by atoms with van der Waals surface area (Å²) in [4.78, 5) is 26.2. The zero-order valence-electron chi connectivity index (χ0n) is 20.9. The van der Waals surface area contributed by atoms with Crippen LogP contribution in [-0.2, 0) is 19.7 Å². The topological polar surface area (TPSA) is 55.4 Å². The Morgan fingerprint density at radius 1 is 1.03 bits per heavy atom. The lowest BCUT2D eigenvalue weighted by atomic mass is 9.43. The van der Waals surface area contributed by atoms with Gasteiger partial charge in [-0.25, -0.2) is 0 Å². The lowest BCUT2D eigenvalue weighted by Gasteiger charge is -2.61. The van der Waals surface area contributed by atoms with Crippen LogP contribution >= 0.6 is 0 Å². The number of amides is 1. The van der Waals surface area contributed by atoms with Gasteiger partial charge in [-0.1, -0.05) is 44.9 Å². The molecule has 0 aliphatic heterocycles. The van der Waals surface area contributed by atoms with Gasteiger partial charge in [-0.15, -0.1) is 0 Å². The summed E-state index contributed by atoms with van der Waals surface area (Å²) in [5.74, 6) is 2.03. The minimum atomic E-state index is -0.407. The smallest absolute Gasteiger partial charge is 0.312 e. The fourth-order valence-corrected chi connectivity index (χ4v) is 8.23.